The Morgan fingerprint density at radius 1 is 1.24 bits per heavy atom. The first-order chi connectivity index (χ1) is 13.6. The minimum absolute atomic E-state index is 0. The van der Waals surface area contributed by atoms with Gasteiger partial charge in [0.1, 0.15) is 0 Å². The molecule has 0 radical (unpaired) electrons. The topological polar surface area (TPSA) is 85.9 Å². The molecule has 1 aliphatic rings. The van der Waals surface area contributed by atoms with Gasteiger partial charge in [0.15, 0.2) is 5.65 Å². The second kappa shape index (κ2) is 8.95. The Morgan fingerprint density at radius 3 is 2.66 bits per heavy atom. The summed E-state index contributed by atoms with van der Waals surface area (Å²) in [7, 11) is 0. The molecule has 29 heavy (non-hydrogen) atoms. The van der Waals surface area contributed by atoms with Crippen LogP contribution in [0, 0.1) is 16.0 Å². The van der Waals surface area contributed by atoms with Gasteiger partial charge in [-0.15, -0.1) is 12.4 Å². The number of nitrogens with zero attached hydrogens (tertiary/aromatic N) is 4. The Hall–Kier alpha value is -2.41. The van der Waals surface area contributed by atoms with E-state index >= 15 is 0 Å². The van der Waals surface area contributed by atoms with Crippen molar-refractivity contribution in [1.82, 2.24) is 14.8 Å². The molecule has 3 aromatic rings. The maximum atomic E-state index is 11.3. The number of fused-ring (bicyclic) bond motifs is 2. The van der Waals surface area contributed by atoms with Crippen LogP contribution in [0.1, 0.15) is 52.4 Å². The number of hydrogen-bond acceptors (Lipinski definition) is 5. The van der Waals surface area contributed by atoms with Crippen LogP contribution in [0.4, 0.5) is 11.4 Å². The van der Waals surface area contributed by atoms with Crippen molar-refractivity contribution >= 4 is 45.7 Å². The highest BCUT2D eigenvalue weighted by atomic mass is 35.5. The van der Waals surface area contributed by atoms with Gasteiger partial charge in [0.05, 0.1) is 27.7 Å². The van der Waals surface area contributed by atoms with E-state index in [-0.39, 0.29) is 23.0 Å². The summed E-state index contributed by atoms with van der Waals surface area (Å²) in [6.07, 6.45) is 9.24. The molecule has 4 rings (SSSR count). The fourth-order valence-electron chi connectivity index (χ4n) is 4.53. The minimum atomic E-state index is -0.346. The molecule has 2 aromatic heterocycles. The highest BCUT2D eigenvalue weighted by Crippen LogP contribution is 2.36. The Morgan fingerprint density at radius 2 is 2.00 bits per heavy atom. The van der Waals surface area contributed by atoms with E-state index in [9.17, 15) is 10.1 Å². The van der Waals surface area contributed by atoms with Crippen LogP contribution in [0.5, 0.6) is 0 Å². The summed E-state index contributed by atoms with van der Waals surface area (Å²) in [5.74, 6) is 0.636. The minimum Gasteiger partial charge on any atom is -0.381 e. The SMILES string of the molecule is CC[C@H](Nc1c2cc([N+](=O)[O-])ccc2nc2c1cnn2CC)C1CCCCC1.Cl. The molecule has 0 spiro atoms. The highest BCUT2D eigenvalue weighted by Gasteiger charge is 2.25. The summed E-state index contributed by atoms with van der Waals surface area (Å²) in [6, 6.07) is 5.25. The van der Waals surface area contributed by atoms with E-state index in [4.69, 9.17) is 4.98 Å². The first-order valence-corrected chi connectivity index (χ1v) is 10.3. The zero-order chi connectivity index (χ0) is 19.7. The van der Waals surface area contributed by atoms with E-state index in [2.05, 4.69) is 17.3 Å². The molecular weight excluding hydrogens is 390 g/mol. The molecule has 1 saturated carbocycles. The van der Waals surface area contributed by atoms with Crippen molar-refractivity contribution in [3.63, 3.8) is 0 Å². The maximum absolute atomic E-state index is 11.3. The molecule has 0 aliphatic heterocycles. The molecule has 2 heterocycles. The predicted octanol–water partition coefficient (Wildman–Crippen LogP) is 5.71. The van der Waals surface area contributed by atoms with Crippen LogP contribution in [0.3, 0.4) is 0 Å². The lowest BCUT2D eigenvalue weighted by atomic mass is 9.82. The van der Waals surface area contributed by atoms with Crippen molar-refractivity contribution in [3.05, 3.63) is 34.5 Å². The average Bonchev–Trinajstić information content (AvgIpc) is 3.14. The average molecular weight is 418 g/mol. The standard InChI is InChI=1S/C21H27N5O2.ClH/c1-3-18(14-8-6-5-7-9-14)23-20-16-12-15(26(27)28)10-11-19(16)24-21-17(20)13-22-25(21)4-2;/h10-14,18H,3-9H2,1-2H3,(H,23,24);1H/t18-;/m0./s1. The Labute approximate surface area is 176 Å². The maximum Gasteiger partial charge on any atom is 0.270 e. The number of benzene rings is 1. The van der Waals surface area contributed by atoms with Crippen LogP contribution in [-0.2, 0) is 6.54 Å². The summed E-state index contributed by atoms with van der Waals surface area (Å²) >= 11 is 0. The van der Waals surface area contributed by atoms with Crippen molar-refractivity contribution < 1.29 is 4.92 Å². The number of aromatic nitrogens is 3. The second-order valence-electron chi connectivity index (χ2n) is 7.70. The lowest BCUT2D eigenvalue weighted by Gasteiger charge is -2.31. The Balaban J connectivity index is 0.00000240. The number of aryl methyl sites for hydroxylation is 1. The number of nitrogens with one attached hydrogen (secondary N) is 1. The van der Waals surface area contributed by atoms with Crippen LogP contribution in [0.25, 0.3) is 21.9 Å². The van der Waals surface area contributed by atoms with E-state index in [1.807, 2.05) is 17.8 Å². The molecule has 1 aliphatic carbocycles. The molecule has 1 atom stereocenters. The smallest absolute Gasteiger partial charge is 0.270 e. The van der Waals surface area contributed by atoms with Crippen LogP contribution in [0.2, 0.25) is 0 Å². The lowest BCUT2D eigenvalue weighted by molar-refractivity contribution is -0.384. The number of pyridine rings is 1. The Bertz CT molecular complexity index is 1010. The third-order valence-electron chi connectivity index (χ3n) is 6.06. The molecule has 0 amide bonds. The van der Waals surface area contributed by atoms with Gasteiger partial charge in [0.2, 0.25) is 0 Å². The van der Waals surface area contributed by atoms with Gasteiger partial charge in [-0.2, -0.15) is 5.10 Å². The van der Waals surface area contributed by atoms with Gasteiger partial charge >= 0.3 is 0 Å². The summed E-state index contributed by atoms with van der Waals surface area (Å²) < 4.78 is 1.88. The van der Waals surface area contributed by atoms with Gasteiger partial charge in [-0.1, -0.05) is 26.2 Å². The largest absolute Gasteiger partial charge is 0.381 e. The van der Waals surface area contributed by atoms with Crippen molar-refractivity contribution in [1.29, 1.82) is 0 Å². The first-order valence-electron chi connectivity index (χ1n) is 10.3. The molecule has 1 aromatic carbocycles. The van der Waals surface area contributed by atoms with Crippen molar-refractivity contribution in [2.24, 2.45) is 5.92 Å². The molecule has 156 valence electrons. The molecule has 7 nitrogen and oxygen atoms in total. The number of anilines is 1. The number of halogens is 1. The summed E-state index contributed by atoms with van der Waals surface area (Å²) in [6.45, 7) is 4.98. The van der Waals surface area contributed by atoms with Gasteiger partial charge in [-0.3, -0.25) is 10.1 Å². The number of nitro groups is 1. The van der Waals surface area contributed by atoms with Crippen LogP contribution < -0.4 is 5.32 Å². The van der Waals surface area contributed by atoms with E-state index in [0.717, 1.165) is 40.6 Å². The van der Waals surface area contributed by atoms with Gasteiger partial charge in [-0.05, 0) is 38.2 Å². The zero-order valence-corrected chi connectivity index (χ0v) is 17.7. The molecular formula is C21H28ClN5O2. The third-order valence-corrected chi connectivity index (χ3v) is 6.06. The molecule has 0 bridgehead atoms. The molecule has 8 heteroatoms. The second-order valence-corrected chi connectivity index (χ2v) is 7.70. The zero-order valence-electron chi connectivity index (χ0n) is 16.9. The highest BCUT2D eigenvalue weighted by molar-refractivity contribution is 6.07. The number of rotatable bonds is 6. The number of hydrogen-bond donors (Lipinski definition) is 1. The van der Waals surface area contributed by atoms with E-state index < -0.39 is 0 Å². The molecule has 0 unspecified atom stereocenters. The number of nitro benzene ring substituents is 1. The third kappa shape index (κ3) is 4.01. The van der Waals surface area contributed by atoms with E-state index in [1.54, 1.807) is 12.1 Å². The fraction of sp³-hybridized carbons (Fsp3) is 0.524. The first kappa shape index (κ1) is 21.3. The summed E-state index contributed by atoms with van der Waals surface area (Å²) in [5.41, 5.74) is 2.60. The summed E-state index contributed by atoms with van der Waals surface area (Å²) in [5, 5.41) is 21.3. The van der Waals surface area contributed by atoms with Gasteiger partial charge < -0.3 is 5.32 Å². The Kier molecular flexibility index (Phi) is 6.57. The summed E-state index contributed by atoms with van der Waals surface area (Å²) in [4.78, 5) is 15.8. The molecule has 0 saturated heterocycles. The van der Waals surface area contributed by atoms with Gasteiger partial charge in [-0.25, -0.2) is 9.67 Å². The van der Waals surface area contributed by atoms with Crippen LogP contribution in [0.15, 0.2) is 24.4 Å². The molecule has 1 N–H and O–H groups in total. The van der Waals surface area contributed by atoms with Crippen molar-refractivity contribution in [2.45, 2.75) is 65.0 Å². The van der Waals surface area contributed by atoms with E-state index in [0.29, 0.717) is 12.0 Å². The van der Waals surface area contributed by atoms with Crippen molar-refractivity contribution in [3.8, 4) is 0 Å². The van der Waals surface area contributed by atoms with E-state index in [1.165, 1.54) is 38.2 Å². The molecule has 1 fully saturated rings. The normalized spacial score (nSPS) is 15.9. The monoisotopic (exact) mass is 417 g/mol. The van der Waals surface area contributed by atoms with Crippen LogP contribution >= 0.6 is 12.4 Å². The quantitative estimate of drug-likeness (QED) is 0.410. The number of non-ortho nitro benzene ring substituents is 1. The fourth-order valence-corrected chi connectivity index (χ4v) is 4.53. The lowest BCUT2D eigenvalue weighted by Crippen LogP contribution is -2.30. The van der Waals surface area contributed by atoms with Gasteiger partial charge in [0.25, 0.3) is 5.69 Å². The predicted molar refractivity (Wildman–Crippen MR) is 119 cm³/mol. The van der Waals surface area contributed by atoms with Gasteiger partial charge in [0, 0.05) is 30.1 Å². The van der Waals surface area contributed by atoms with Crippen molar-refractivity contribution in [2.75, 3.05) is 5.32 Å². The van der Waals surface area contributed by atoms with Crippen LogP contribution in [-0.4, -0.2) is 25.7 Å².